The van der Waals surface area contributed by atoms with Gasteiger partial charge >= 0.3 is 0 Å². The Bertz CT molecular complexity index is 646. The lowest BCUT2D eigenvalue weighted by molar-refractivity contribution is -0.125. The van der Waals surface area contributed by atoms with E-state index >= 15 is 0 Å². The average Bonchev–Trinajstić information content (AvgIpc) is 2.70. The van der Waals surface area contributed by atoms with Crippen LogP contribution in [-0.2, 0) is 16.1 Å². The highest BCUT2D eigenvalue weighted by atomic mass is 16.3. The molecule has 0 aliphatic heterocycles. The Balaban J connectivity index is 2.57. The van der Waals surface area contributed by atoms with Crippen LogP contribution in [-0.4, -0.2) is 41.4 Å². The number of ketones is 1. The van der Waals surface area contributed by atoms with Gasteiger partial charge < -0.3 is 21.5 Å². The second kappa shape index (κ2) is 12.3. The smallest absolute Gasteiger partial charge is 0.251 e. The quantitative estimate of drug-likeness (QED) is 0.403. The maximum atomic E-state index is 12.6. The number of hydrogen-bond acceptors (Lipinski definition) is 5. The van der Waals surface area contributed by atoms with Crippen molar-refractivity contribution in [2.75, 3.05) is 6.54 Å². The number of aliphatic hydroxyl groups is 1. The number of rotatable bonds is 12. The molecule has 5 N–H and O–H groups in total. The number of nitrogens with one attached hydrogen (secondary N) is 2. The molecule has 0 aromatic heterocycles. The Morgan fingerprint density at radius 1 is 1.14 bits per heavy atom. The van der Waals surface area contributed by atoms with Crippen molar-refractivity contribution in [3.63, 3.8) is 0 Å². The molecule has 0 aliphatic rings. The molecule has 7 heteroatoms. The van der Waals surface area contributed by atoms with Gasteiger partial charge in [0.1, 0.15) is 12.1 Å². The predicted molar refractivity (Wildman–Crippen MR) is 109 cm³/mol. The van der Waals surface area contributed by atoms with Crippen LogP contribution in [0.4, 0.5) is 0 Å². The standard InChI is InChI=1S/C21H33N3O4/c1-4-14(2)19(21(28)23-12-6-5-7-18(26)15(3)25)24-20(27)17-10-8-16(13-22)9-11-17/h8-11,14,18-19,26H,4-7,12-13,22H2,1-3H3,(H,23,28)(H,24,27)/t14?,18?,19-/m0/s1. The van der Waals surface area contributed by atoms with Crippen molar-refractivity contribution in [1.29, 1.82) is 0 Å². The number of nitrogens with two attached hydrogens (primary N) is 1. The van der Waals surface area contributed by atoms with Crippen LogP contribution in [0.15, 0.2) is 24.3 Å². The number of carbonyl (C=O) groups is 3. The zero-order valence-corrected chi connectivity index (χ0v) is 17.0. The maximum Gasteiger partial charge on any atom is 0.251 e. The monoisotopic (exact) mass is 391 g/mol. The molecule has 1 aromatic carbocycles. The SMILES string of the molecule is CCC(C)[C@H](NC(=O)c1ccc(CN)cc1)C(=O)NCCCCC(O)C(C)=O. The number of benzene rings is 1. The minimum absolute atomic E-state index is 0.0215. The molecule has 0 bridgehead atoms. The topological polar surface area (TPSA) is 122 Å². The van der Waals surface area contributed by atoms with Gasteiger partial charge in [0.05, 0.1) is 0 Å². The molecule has 0 saturated carbocycles. The molecule has 2 unspecified atom stereocenters. The first-order valence-corrected chi connectivity index (χ1v) is 9.86. The van der Waals surface area contributed by atoms with Crippen molar-refractivity contribution in [3.8, 4) is 0 Å². The van der Waals surface area contributed by atoms with Crippen LogP contribution < -0.4 is 16.4 Å². The number of aliphatic hydroxyl groups excluding tert-OH is 1. The van der Waals surface area contributed by atoms with Gasteiger partial charge in [-0.25, -0.2) is 0 Å². The molecule has 28 heavy (non-hydrogen) atoms. The number of Topliss-reactive ketones (excluding diaryl/α,β-unsaturated/α-hetero) is 1. The number of hydrogen-bond donors (Lipinski definition) is 4. The minimum atomic E-state index is -0.937. The average molecular weight is 392 g/mol. The van der Waals surface area contributed by atoms with E-state index in [0.29, 0.717) is 37.9 Å². The third kappa shape index (κ3) is 7.78. The molecule has 3 atom stereocenters. The van der Waals surface area contributed by atoms with E-state index in [0.717, 1.165) is 12.0 Å². The number of unbranched alkanes of at least 4 members (excludes halogenated alkanes) is 1. The van der Waals surface area contributed by atoms with Crippen molar-refractivity contribution in [3.05, 3.63) is 35.4 Å². The number of carbonyl (C=O) groups excluding carboxylic acids is 3. The zero-order valence-electron chi connectivity index (χ0n) is 17.0. The van der Waals surface area contributed by atoms with E-state index in [9.17, 15) is 19.5 Å². The van der Waals surface area contributed by atoms with Gasteiger partial charge in [-0.15, -0.1) is 0 Å². The molecule has 0 fully saturated rings. The highest BCUT2D eigenvalue weighted by Crippen LogP contribution is 2.11. The lowest BCUT2D eigenvalue weighted by Gasteiger charge is -2.23. The molecular formula is C21H33N3O4. The summed E-state index contributed by atoms with van der Waals surface area (Å²) < 4.78 is 0. The van der Waals surface area contributed by atoms with Gasteiger partial charge in [0.25, 0.3) is 5.91 Å². The highest BCUT2D eigenvalue weighted by Gasteiger charge is 2.26. The summed E-state index contributed by atoms with van der Waals surface area (Å²) in [6.45, 7) is 6.08. The summed E-state index contributed by atoms with van der Waals surface area (Å²) in [4.78, 5) is 36.1. The summed E-state index contributed by atoms with van der Waals surface area (Å²) in [7, 11) is 0. The summed E-state index contributed by atoms with van der Waals surface area (Å²) in [6, 6.07) is 6.35. The van der Waals surface area contributed by atoms with Gasteiger partial charge in [0.2, 0.25) is 5.91 Å². The van der Waals surface area contributed by atoms with Crippen LogP contribution in [0.2, 0.25) is 0 Å². The fourth-order valence-corrected chi connectivity index (χ4v) is 2.71. The first kappa shape index (κ1) is 23.8. The third-order valence-electron chi connectivity index (χ3n) is 4.91. The van der Waals surface area contributed by atoms with Crippen LogP contribution in [0.5, 0.6) is 0 Å². The summed E-state index contributed by atoms with van der Waals surface area (Å²) in [5, 5.41) is 15.1. The van der Waals surface area contributed by atoms with E-state index in [-0.39, 0.29) is 23.5 Å². The largest absolute Gasteiger partial charge is 0.385 e. The molecular weight excluding hydrogens is 358 g/mol. The normalized spacial score (nSPS) is 14.0. The van der Waals surface area contributed by atoms with E-state index in [1.165, 1.54) is 6.92 Å². The van der Waals surface area contributed by atoms with E-state index in [4.69, 9.17) is 5.73 Å². The maximum absolute atomic E-state index is 12.6. The third-order valence-corrected chi connectivity index (χ3v) is 4.91. The van der Waals surface area contributed by atoms with Gasteiger partial charge in [-0.3, -0.25) is 14.4 Å². The van der Waals surface area contributed by atoms with E-state index in [2.05, 4.69) is 10.6 Å². The second-order valence-corrected chi connectivity index (χ2v) is 7.15. The fraction of sp³-hybridized carbons (Fsp3) is 0.571. The van der Waals surface area contributed by atoms with Crippen molar-refractivity contribution in [2.24, 2.45) is 11.7 Å². The molecule has 1 aromatic rings. The van der Waals surface area contributed by atoms with Crippen molar-refractivity contribution < 1.29 is 19.5 Å². The second-order valence-electron chi connectivity index (χ2n) is 7.15. The van der Waals surface area contributed by atoms with Crippen molar-refractivity contribution in [1.82, 2.24) is 10.6 Å². The lowest BCUT2D eigenvalue weighted by Crippen LogP contribution is -2.50. The first-order valence-electron chi connectivity index (χ1n) is 9.86. The molecule has 0 saturated heterocycles. The molecule has 0 aliphatic carbocycles. The van der Waals surface area contributed by atoms with Crippen molar-refractivity contribution in [2.45, 2.75) is 65.1 Å². The number of amides is 2. The zero-order chi connectivity index (χ0) is 21.1. The minimum Gasteiger partial charge on any atom is -0.385 e. The van der Waals surface area contributed by atoms with Gasteiger partial charge in [0, 0.05) is 18.7 Å². The Hall–Kier alpha value is -2.25. The molecule has 0 heterocycles. The van der Waals surface area contributed by atoms with Gasteiger partial charge in [-0.05, 0) is 49.8 Å². The molecule has 0 radical (unpaired) electrons. The Kier molecular flexibility index (Phi) is 10.4. The molecule has 2 amide bonds. The van der Waals surface area contributed by atoms with Crippen molar-refractivity contribution >= 4 is 17.6 Å². The van der Waals surface area contributed by atoms with Gasteiger partial charge in [-0.1, -0.05) is 32.4 Å². The summed E-state index contributed by atoms with van der Waals surface area (Å²) in [5.41, 5.74) is 6.99. The Morgan fingerprint density at radius 3 is 2.32 bits per heavy atom. The first-order chi connectivity index (χ1) is 13.3. The van der Waals surface area contributed by atoms with E-state index in [1.807, 2.05) is 13.8 Å². The highest BCUT2D eigenvalue weighted by molar-refractivity contribution is 5.97. The van der Waals surface area contributed by atoms with E-state index < -0.39 is 12.1 Å². The Morgan fingerprint density at radius 2 is 1.79 bits per heavy atom. The van der Waals surface area contributed by atoms with Gasteiger partial charge in [-0.2, -0.15) is 0 Å². The fourth-order valence-electron chi connectivity index (χ4n) is 2.71. The predicted octanol–water partition coefficient (Wildman–Crippen LogP) is 1.53. The van der Waals surface area contributed by atoms with Crippen LogP contribution >= 0.6 is 0 Å². The summed E-state index contributed by atoms with van der Waals surface area (Å²) >= 11 is 0. The van der Waals surface area contributed by atoms with Crippen LogP contribution in [0.3, 0.4) is 0 Å². The van der Waals surface area contributed by atoms with E-state index in [1.54, 1.807) is 24.3 Å². The molecule has 7 nitrogen and oxygen atoms in total. The van der Waals surface area contributed by atoms with Crippen LogP contribution in [0, 0.1) is 5.92 Å². The van der Waals surface area contributed by atoms with Crippen LogP contribution in [0.25, 0.3) is 0 Å². The molecule has 1 rings (SSSR count). The lowest BCUT2D eigenvalue weighted by atomic mass is 9.97. The summed E-state index contributed by atoms with van der Waals surface area (Å²) in [5.74, 6) is -0.795. The molecule has 0 spiro atoms. The Labute approximate surface area is 167 Å². The molecule has 156 valence electrons. The van der Waals surface area contributed by atoms with Crippen LogP contribution in [0.1, 0.15) is 62.4 Å². The summed E-state index contributed by atoms with van der Waals surface area (Å²) in [6.07, 6.45) is 1.48. The van der Waals surface area contributed by atoms with Gasteiger partial charge in [0.15, 0.2) is 5.78 Å².